The van der Waals surface area contributed by atoms with Gasteiger partial charge in [-0.2, -0.15) is 0 Å². The predicted molar refractivity (Wildman–Crippen MR) is 53.3 cm³/mol. The molecule has 0 saturated carbocycles. The maximum absolute atomic E-state index is 11.1. The van der Waals surface area contributed by atoms with Gasteiger partial charge in [-0.1, -0.05) is 36.9 Å². The van der Waals surface area contributed by atoms with Gasteiger partial charge in [0.05, 0.1) is 6.04 Å². The molecule has 0 fully saturated rings. The molecule has 0 aliphatic rings. The van der Waals surface area contributed by atoms with E-state index in [0.717, 1.165) is 5.56 Å². The molecular formula is C11H13NO. The smallest absolute Gasteiger partial charge is 0.172 e. The second-order valence-electron chi connectivity index (χ2n) is 2.90. The first-order valence-corrected chi connectivity index (χ1v) is 4.20. The van der Waals surface area contributed by atoms with E-state index in [9.17, 15) is 4.79 Å². The van der Waals surface area contributed by atoms with Crippen molar-refractivity contribution in [3.8, 4) is 0 Å². The molecule has 0 aromatic heterocycles. The average molecular weight is 175 g/mol. The maximum Gasteiger partial charge on any atom is 0.172 e. The van der Waals surface area contributed by atoms with E-state index in [4.69, 9.17) is 5.73 Å². The number of ketones is 1. The lowest BCUT2D eigenvalue weighted by Gasteiger charge is -2.06. The highest BCUT2D eigenvalue weighted by molar-refractivity contribution is 5.93. The first kappa shape index (κ1) is 9.68. The van der Waals surface area contributed by atoms with Gasteiger partial charge in [0.2, 0.25) is 0 Å². The Morgan fingerprint density at radius 2 is 2.08 bits per heavy atom. The fraction of sp³-hybridized carbons (Fsp3) is 0.182. The van der Waals surface area contributed by atoms with E-state index >= 15 is 0 Å². The van der Waals surface area contributed by atoms with E-state index < -0.39 is 6.04 Å². The van der Waals surface area contributed by atoms with Crippen LogP contribution in [0.1, 0.15) is 5.56 Å². The molecule has 0 aliphatic carbocycles. The van der Waals surface area contributed by atoms with Crippen molar-refractivity contribution < 1.29 is 4.79 Å². The van der Waals surface area contributed by atoms with Gasteiger partial charge in [0.1, 0.15) is 0 Å². The van der Waals surface area contributed by atoms with Crippen LogP contribution in [0.5, 0.6) is 0 Å². The van der Waals surface area contributed by atoms with Crippen LogP contribution in [0.4, 0.5) is 0 Å². The summed E-state index contributed by atoms with van der Waals surface area (Å²) in [6.45, 7) is 3.39. The minimum Gasteiger partial charge on any atom is -0.321 e. The van der Waals surface area contributed by atoms with Crippen molar-refractivity contribution in [3.63, 3.8) is 0 Å². The van der Waals surface area contributed by atoms with E-state index in [-0.39, 0.29) is 5.78 Å². The van der Waals surface area contributed by atoms with E-state index in [2.05, 4.69) is 6.58 Å². The lowest BCUT2D eigenvalue weighted by Crippen LogP contribution is -2.31. The first-order chi connectivity index (χ1) is 6.24. The molecule has 0 amide bonds. The van der Waals surface area contributed by atoms with Crippen LogP contribution >= 0.6 is 0 Å². The summed E-state index contributed by atoms with van der Waals surface area (Å²) in [7, 11) is 0. The van der Waals surface area contributed by atoms with Crippen molar-refractivity contribution in [1.29, 1.82) is 0 Å². The summed E-state index contributed by atoms with van der Waals surface area (Å²) in [4.78, 5) is 11.1. The Bertz CT molecular complexity index is 292. The van der Waals surface area contributed by atoms with Crippen LogP contribution in [0.25, 0.3) is 0 Å². The Morgan fingerprint density at radius 1 is 1.46 bits per heavy atom. The molecule has 13 heavy (non-hydrogen) atoms. The van der Waals surface area contributed by atoms with E-state index in [0.29, 0.717) is 6.42 Å². The Labute approximate surface area is 78.1 Å². The molecule has 0 unspecified atom stereocenters. The number of hydrogen-bond donors (Lipinski definition) is 1. The van der Waals surface area contributed by atoms with Crippen LogP contribution in [-0.4, -0.2) is 11.8 Å². The number of rotatable bonds is 4. The number of benzene rings is 1. The van der Waals surface area contributed by atoms with Gasteiger partial charge in [0.25, 0.3) is 0 Å². The molecule has 2 nitrogen and oxygen atoms in total. The highest BCUT2D eigenvalue weighted by atomic mass is 16.1. The highest BCUT2D eigenvalue weighted by Gasteiger charge is 2.09. The van der Waals surface area contributed by atoms with Crippen molar-refractivity contribution in [2.24, 2.45) is 5.73 Å². The molecule has 0 spiro atoms. The van der Waals surface area contributed by atoms with Crippen LogP contribution in [-0.2, 0) is 11.2 Å². The largest absolute Gasteiger partial charge is 0.321 e. The zero-order valence-electron chi connectivity index (χ0n) is 7.44. The van der Waals surface area contributed by atoms with Gasteiger partial charge in [-0.3, -0.25) is 4.79 Å². The van der Waals surface area contributed by atoms with Crippen molar-refractivity contribution in [2.45, 2.75) is 12.5 Å². The Kier molecular flexibility index (Phi) is 3.41. The fourth-order valence-electron chi connectivity index (χ4n) is 1.12. The quantitative estimate of drug-likeness (QED) is 0.701. The normalized spacial score (nSPS) is 12.1. The van der Waals surface area contributed by atoms with Crippen LogP contribution in [0.15, 0.2) is 43.0 Å². The zero-order valence-corrected chi connectivity index (χ0v) is 7.44. The van der Waals surface area contributed by atoms with E-state index in [1.807, 2.05) is 30.3 Å². The number of carbonyl (C=O) groups excluding carboxylic acids is 1. The van der Waals surface area contributed by atoms with E-state index in [1.54, 1.807) is 0 Å². The summed E-state index contributed by atoms with van der Waals surface area (Å²) in [6, 6.07) is 9.25. The standard InChI is InChI=1S/C11H13NO/c1-2-11(13)10(12)8-9-6-4-3-5-7-9/h2-7,10H,1,8,12H2/t10-/m0/s1. The maximum atomic E-state index is 11.1. The molecule has 2 heteroatoms. The van der Waals surface area contributed by atoms with Gasteiger partial charge in [-0.25, -0.2) is 0 Å². The zero-order chi connectivity index (χ0) is 9.68. The van der Waals surface area contributed by atoms with E-state index in [1.165, 1.54) is 6.08 Å². The summed E-state index contributed by atoms with van der Waals surface area (Å²) in [5.74, 6) is -0.108. The third-order valence-electron chi connectivity index (χ3n) is 1.87. The number of carbonyl (C=O) groups is 1. The summed E-state index contributed by atoms with van der Waals surface area (Å²) >= 11 is 0. The molecule has 0 aliphatic heterocycles. The van der Waals surface area contributed by atoms with Crippen LogP contribution < -0.4 is 5.73 Å². The third kappa shape index (κ3) is 2.84. The van der Waals surface area contributed by atoms with Crippen molar-refractivity contribution in [1.82, 2.24) is 0 Å². The number of nitrogens with two attached hydrogens (primary N) is 1. The Hall–Kier alpha value is -1.41. The van der Waals surface area contributed by atoms with Crippen molar-refractivity contribution in [2.75, 3.05) is 0 Å². The minimum atomic E-state index is -0.458. The third-order valence-corrected chi connectivity index (χ3v) is 1.87. The number of hydrogen-bond acceptors (Lipinski definition) is 2. The molecule has 1 aromatic carbocycles. The molecule has 0 heterocycles. The van der Waals surface area contributed by atoms with Gasteiger partial charge in [-0.15, -0.1) is 0 Å². The topological polar surface area (TPSA) is 43.1 Å². The lowest BCUT2D eigenvalue weighted by atomic mass is 10.0. The van der Waals surface area contributed by atoms with Gasteiger partial charge < -0.3 is 5.73 Å². The Balaban J connectivity index is 2.60. The van der Waals surface area contributed by atoms with Crippen molar-refractivity contribution in [3.05, 3.63) is 48.6 Å². The molecule has 68 valence electrons. The summed E-state index contributed by atoms with van der Waals surface area (Å²) in [6.07, 6.45) is 1.85. The van der Waals surface area contributed by atoms with Gasteiger partial charge in [0, 0.05) is 0 Å². The fourth-order valence-corrected chi connectivity index (χ4v) is 1.12. The van der Waals surface area contributed by atoms with Gasteiger partial charge in [-0.05, 0) is 18.1 Å². The SMILES string of the molecule is C=CC(=O)[C@@H](N)Cc1ccccc1. The second kappa shape index (κ2) is 4.58. The molecule has 1 aromatic rings. The molecule has 0 bridgehead atoms. The predicted octanol–water partition coefficient (Wildman–Crippen LogP) is 1.31. The van der Waals surface area contributed by atoms with Crippen LogP contribution in [0, 0.1) is 0 Å². The van der Waals surface area contributed by atoms with Gasteiger partial charge >= 0.3 is 0 Å². The molecule has 1 rings (SSSR count). The molecular weight excluding hydrogens is 162 g/mol. The first-order valence-electron chi connectivity index (χ1n) is 4.20. The molecule has 0 saturated heterocycles. The molecule has 0 radical (unpaired) electrons. The molecule has 1 atom stereocenters. The minimum absolute atomic E-state index is 0.108. The van der Waals surface area contributed by atoms with Gasteiger partial charge in [0.15, 0.2) is 5.78 Å². The summed E-state index contributed by atoms with van der Waals surface area (Å²) in [5, 5.41) is 0. The summed E-state index contributed by atoms with van der Waals surface area (Å²) < 4.78 is 0. The van der Waals surface area contributed by atoms with Crippen LogP contribution in [0.2, 0.25) is 0 Å². The van der Waals surface area contributed by atoms with Crippen LogP contribution in [0.3, 0.4) is 0 Å². The van der Waals surface area contributed by atoms with Crippen molar-refractivity contribution >= 4 is 5.78 Å². The summed E-state index contributed by atoms with van der Waals surface area (Å²) in [5.41, 5.74) is 6.71. The second-order valence-corrected chi connectivity index (χ2v) is 2.90. The average Bonchev–Trinajstić information content (AvgIpc) is 2.18. The highest BCUT2D eigenvalue weighted by Crippen LogP contribution is 2.02. The monoisotopic (exact) mass is 175 g/mol. The molecule has 2 N–H and O–H groups in total. The lowest BCUT2D eigenvalue weighted by molar-refractivity contribution is -0.115. The Morgan fingerprint density at radius 3 is 2.62 bits per heavy atom.